The fourth-order valence-electron chi connectivity index (χ4n) is 1.81. The molecule has 0 aliphatic rings. The van der Waals surface area contributed by atoms with Gasteiger partial charge in [0.2, 0.25) is 0 Å². The van der Waals surface area contributed by atoms with Gasteiger partial charge in [0.15, 0.2) is 11.6 Å². The number of hydroxylamine groups is 1. The lowest BCUT2D eigenvalue weighted by atomic mass is 10.1. The highest BCUT2D eigenvalue weighted by Crippen LogP contribution is 2.24. The number of aromatic nitrogens is 1. The van der Waals surface area contributed by atoms with Crippen molar-refractivity contribution in [3.8, 4) is 6.07 Å². The number of nitrogens with zero attached hydrogens (tertiary/aromatic N) is 2. The van der Waals surface area contributed by atoms with E-state index in [0.29, 0.717) is 15.0 Å². The molecular weight excluding hydrogens is 414 g/mol. The second-order valence-electron chi connectivity index (χ2n) is 4.56. The first-order chi connectivity index (χ1) is 11.0. The third kappa shape index (κ3) is 3.94. The van der Waals surface area contributed by atoms with E-state index in [1.54, 1.807) is 18.2 Å². The molecule has 6 nitrogen and oxygen atoms in total. The van der Waals surface area contributed by atoms with Crippen molar-refractivity contribution < 1.29 is 14.0 Å². The highest BCUT2D eigenvalue weighted by molar-refractivity contribution is 14.1. The van der Waals surface area contributed by atoms with Gasteiger partial charge in [-0.15, -0.1) is 0 Å². The lowest BCUT2D eigenvalue weighted by Gasteiger charge is -2.12. The number of nitriles is 1. The van der Waals surface area contributed by atoms with E-state index < -0.39 is 11.7 Å². The molecule has 1 amide bonds. The molecule has 2 rings (SSSR count). The van der Waals surface area contributed by atoms with Gasteiger partial charge in [0, 0.05) is 11.3 Å². The molecule has 1 aromatic heterocycles. The first kappa shape index (κ1) is 17.1. The van der Waals surface area contributed by atoms with Crippen molar-refractivity contribution >= 4 is 40.0 Å². The van der Waals surface area contributed by atoms with Gasteiger partial charge in [0.05, 0.1) is 12.7 Å². The Hall–Kier alpha value is -2.25. The van der Waals surface area contributed by atoms with Gasteiger partial charge >= 0.3 is 0 Å². The predicted octanol–water partition coefficient (Wildman–Crippen LogP) is 3.04. The van der Waals surface area contributed by atoms with Crippen LogP contribution in [0, 0.1) is 27.8 Å². The van der Waals surface area contributed by atoms with Crippen molar-refractivity contribution in [2.45, 2.75) is 6.92 Å². The Morgan fingerprint density at radius 2 is 2.17 bits per heavy atom. The van der Waals surface area contributed by atoms with Crippen LogP contribution in [0.25, 0.3) is 0 Å². The molecule has 0 bridgehead atoms. The number of amides is 1. The molecule has 1 heterocycles. The Kier molecular flexibility index (Phi) is 5.46. The van der Waals surface area contributed by atoms with E-state index in [9.17, 15) is 9.18 Å². The van der Waals surface area contributed by atoms with Crippen LogP contribution in [0.3, 0.4) is 0 Å². The second kappa shape index (κ2) is 7.34. The summed E-state index contributed by atoms with van der Waals surface area (Å²) < 4.78 is 14.4. The van der Waals surface area contributed by atoms with Gasteiger partial charge in [-0.2, -0.15) is 5.26 Å². The standard InChI is InChI=1S/C15H12FIN4O2/c1-8-3-4-9(15(22)21-23-2)6-12(8)19-14-11(16)5-10(7-18)13(17)20-14/h3-6H,1-2H3,(H,19,20)(H,21,22). The van der Waals surface area contributed by atoms with Crippen LogP contribution < -0.4 is 10.8 Å². The Morgan fingerprint density at radius 1 is 1.43 bits per heavy atom. The number of hydrogen-bond donors (Lipinski definition) is 2. The summed E-state index contributed by atoms with van der Waals surface area (Å²) >= 11 is 1.86. The smallest absolute Gasteiger partial charge is 0.274 e. The van der Waals surface area contributed by atoms with Gasteiger partial charge < -0.3 is 5.32 Å². The van der Waals surface area contributed by atoms with Crippen LogP contribution in [0.1, 0.15) is 21.5 Å². The molecule has 8 heteroatoms. The number of aryl methyl sites for hydroxylation is 1. The maximum atomic E-state index is 14.0. The molecule has 0 saturated heterocycles. The van der Waals surface area contributed by atoms with Crippen molar-refractivity contribution in [3.05, 3.63) is 50.5 Å². The summed E-state index contributed by atoms with van der Waals surface area (Å²) in [4.78, 5) is 20.4. The Morgan fingerprint density at radius 3 is 2.83 bits per heavy atom. The summed E-state index contributed by atoms with van der Waals surface area (Å²) in [6, 6.07) is 7.90. The topological polar surface area (TPSA) is 87.0 Å². The van der Waals surface area contributed by atoms with Gasteiger partial charge in [-0.1, -0.05) is 6.07 Å². The Bertz CT molecular complexity index is 805. The Labute approximate surface area is 145 Å². The number of benzene rings is 1. The molecule has 23 heavy (non-hydrogen) atoms. The van der Waals surface area contributed by atoms with Crippen molar-refractivity contribution in [1.82, 2.24) is 10.5 Å². The van der Waals surface area contributed by atoms with Crippen LogP contribution >= 0.6 is 22.6 Å². The highest BCUT2D eigenvalue weighted by Gasteiger charge is 2.13. The third-order valence-electron chi connectivity index (χ3n) is 3.00. The molecule has 0 aliphatic carbocycles. The summed E-state index contributed by atoms with van der Waals surface area (Å²) in [5.74, 6) is -1.08. The molecular formula is C15H12FIN4O2. The number of halogens is 2. The zero-order valence-corrected chi connectivity index (χ0v) is 14.4. The minimum Gasteiger partial charge on any atom is -0.338 e. The molecule has 0 spiro atoms. The number of carbonyl (C=O) groups is 1. The van der Waals surface area contributed by atoms with Crippen molar-refractivity contribution in [1.29, 1.82) is 5.26 Å². The number of rotatable bonds is 4. The molecule has 0 atom stereocenters. The monoisotopic (exact) mass is 426 g/mol. The molecule has 2 N–H and O–H groups in total. The summed E-state index contributed by atoms with van der Waals surface area (Å²) in [7, 11) is 1.34. The van der Waals surface area contributed by atoms with Gasteiger partial charge in [0.1, 0.15) is 9.77 Å². The lowest BCUT2D eigenvalue weighted by Crippen LogP contribution is -2.21. The summed E-state index contributed by atoms with van der Waals surface area (Å²) in [6.07, 6.45) is 0. The Balaban J connectivity index is 2.37. The number of nitrogens with one attached hydrogen (secondary N) is 2. The van der Waals surface area contributed by atoms with Crippen molar-refractivity contribution in [3.63, 3.8) is 0 Å². The van der Waals surface area contributed by atoms with E-state index in [4.69, 9.17) is 5.26 Å². The van der Waals surface area contributed by atoms with Gasteiger partial charge in [-0.3, -0.25) is 9.63 Å². The molecule has 2 aromatic rings. The van der Waals surface area contributed by atoms with Crippen LogP contribution in [-0.2, 0) is 4.84 Å². The fourth-order valence-corrected chi connectivity index (χ4v) is 2.33. The molecule has 1 aromatic carbocycles. The molecule has 0 aliphatic heterocycles. The first-order valence-electron chi connectivity index (χ1n) is 6.43. The SMILES string of the molecule is CONC(=O)c1ccc(C)c(Nc2nc(I)c(C#N)cc2F)c1. The molecule has 0 fully saturated rings. The van der Waals surface area contributed by atoms with E-state index in [0.717, 1.165) is 11.6 Å². The van der Waals surface area contributed by atoms with E-state index in [-0.39, 0.29) is 11.4 Å². The average Bonchev–Trinajstić information content (AvgIpc) is 2.52. The van der Waals surface area contributed by atoms with Crippen LogP contribution in [0.5, 0.6) is 0 Å². The van der Waals surface area contributed by atoms with Gasteiger partial charge in [-0.25, -0.2) is 14.9 Å². The number of carbonyl (C=O) groups excluding carboxylic acids is 1. The van der Waals surface area contributed by atoms with Crippen LogP contribution in [-0.4, -0.2) is 18.0 Å². The normalized spacial score (nSPS) is 10.0. The number of pyridine rings is 1. The van der Waals surface area contributed by atoms with Crippen molar-refractivity contribution in [2.24, 2.45) is 0 Å². The van der Waals surface area contributed by atoms with Gasteiger partial charge in [0.25, 0.3) is 5.91 Å². The molecule has 118 valence electrons. The largest absolute Gasteiger partial charge is 0.338 e. The van der Waals surface area contributed by atoms with Gasteiger partial charge in [-0.05, 0) is 53.3 Å². The zero-order chi connectivity index (χ0) is 17.0. The minimum atomic E-state index is -0.645. The average molecular weight is 426 g/mol. The maximum Gasteiger partial charge on any atom is 0.274 e. The summed E-state index contributed by atoms with van der Waals surface area (Å²) in [5, 5.41) is 11.7. The first-order valence-corrected chi connectivity index (χ1v) is 7.51. The van der Waals surface area contributed by atoms with Crippen molar-refractivity contribution in [2.75, 3.05) is 12.4 Å². The minimum absolute atomic E-state index is 0.0131. The van der Waals surface area contributed by atoms with Crippen LogP contribution in [0.2, 0.25) is 0 Å². The predicted molar refractivity (Wildman–Crippen MR) is 90.6 cm³/mol. The van der Waals surface area contributed by atoms with E-state index in [1.165, 1.54) is 7.11 Å². The van der Waals surface area contributed by atoms with E-state index in [1.807, 2.05) is 35.6 Å². The quantitative estimate of drug-likeness (QED) is 0.446. The second-order valence-corrected chi connectivity index (χ2v) is 5.58. The molecule has 0 radical (unpaired) electrons. The summed E-state index contributed by atoms with van der Waals surface area (Å²) in [5.41, 5.74) is 4.06. The maximum absolute atomic E-state index is 14.0. The third-order valence-corrected chi connectivity index (χ3v) is 3.82. The summed E-state index contributed by atoms with van der Waals surface area (Å²) in [6.45, 7) is 1.81. The van der Waals surface area contributed by atoms with Crippen LogP contribution in [0.4, 0.5) is 15.9 Å². The fraction of sp³-hybridized carbons (Fsp3) is 0.133. The molecule has 0 unspecified atom stereocenters. The highest BCUT2D eigenvalue weighted by atomic mass is 127. The molecule has 0 saturated carbocycles. The van der Waals surface area contributed by atoms with E-state index >= 15 is 0 Å². The number of anilines is 2. The lowest BCUT2D eigenvalue weighted by molar-refractivity contribution is 0.0537. The van der Waals surface area contributed by atoms with Crippen LogP contribution in [0.15, 0.2) is 24.3 Å². The number of hydrogen-bond acceptors (Lipinski definition) is 5. The van der Waals surface area contributed by atoms with E-state index in [2.05, 4.69) is 20.6 Å². The zero-order valence-electron chi connectivity index (χ0n) is 12.3.